The molecule has 0 aliphatic heterocycles. The Balaban J connectivity index is 2.59. The number of carbonyl (C=O) groups excluding carboxylic acids is 1. The van der Waals surface area contributed by atoms with E-state index in [-0.39, 0.29) is 11.9 Å². The number of benzene rings is 1. The molecule has 0 saturated heterocycles. The van der Waals surface area contributed by atoms with Crippen molar-refractivity contribution in [3.8, 4) is 0 Å². The second-order valence-electron chi connectivity index (χ2n) is 4.70. The molecule has 2 N–H and O–H groups in total. The van der Waals surface area contributed by atoms with Crippen LogP contribution in [0, 0.1) is 0 Å². The highest BCUT2D eigenvalue weighted by atomic mass is 16.2. The van der Waals surface area contributed by atoms with E-state index in [2.05, 4.69) is 13.8 Å². The molecule has 100 valence electrons. The van der Waals surface area contributed by atoms with Gasteiger partial charge in [-0.05, 0) is 18.4 Å². The van der Waals surface area contributed by atoms with Gasteiger partial charge >= 0.3 is 0 Å². The van der Waals surface area contributed by atoms with E-state index < -0.39 is 0 Å². The number of rotatable bonds is 6. The number of amides is 1. The van der Waals surface area contributed by atoms with Gasteiger partial charge in [0.25, 0.3) is 0 Å². The van der Waals surface area contributed by atoms with E-state index in [0.29, 0.717) is 12.5 Å². The first kappa shape index (κ1) is 14.7. The molecule has 18 heavy (non-hydrogen) atoms. The van der Waals surface area contributed by atoms with Gasteiger partial charge in [0.2, 0.25) is 5.91 Å². The van der Waals surface area contributed by atoms with Crippen LogP contribution in [-0.2, 0) is 4.79 Å². The minimum absolute atomic E-state index is 0.125. The Morgan fingerprint density at radius 2 is 1.78 bits per heavy atom. The maximum Gasteiger partial charge on any atom is 0.224 e. The van der Waals surface area contributed by atoms with Crippen molar-refractivity contribution < 1.29 is 4.79 Å². The van der Waals surface area contributed by atoms with Crippen LogP contribution in [0.3, 0.4) is 0 Å². The molecular formula is C15H24N2O. The van der Waals surface area contributed by atoms with E-state index in [1.54, 1.807) is 0 Å². The Bertz CT molecular complexity index is 360. The van der Waals surface area contributed by atoms with E-state index in [1.165, 1.54) is 0 Å². The van der Waals surface area contributed by atoms with Crippen LogP contribution >= 0.6 is 0 Å². The number of hydrogen-bond acceptors (Lipinski definition) is 2. The SMILES string of the molecule is CCC(CC)N(C)C(=O)CC(N)c1ccccc1. The molecule has 0 spiro atoms. The Hall–Kier alpha value is -1.35. The van der Waals surface area contributed by atoms with Crippen LogP contribution in [-0.4, -0.2) is 23.9 Å². The lowest BCUT2D eigenvalue weighted by Crippen LogP contribution is -2.37. The van der Waals surface area contributed by atoms with Crippen molar-refractivity contribution in [1.29, 1.82) is 0 Å². The van der Waals surface area contributed by atoms with Crippen LogP contribution in [0.15, 0.2) is 30.3 Å². The third kappa shape index (κ3) is 3.84. The van der Waals surface area contributed by atoms with Crippen LogP contribution in [0.1, 0.15) is 44.7 Å². The Morgan fingerprint density at radius 3 is 2.28 bits per heavy atom. The van der Waals surface area contributed by atoms with Gasteiger partial charge in [-0.15, -0.1) is 0 Å². The topological polar surface area (TPSA) is 46.3 Å². The van der Waals surface area contributed by atoms with Gasteiger partial charge in [0.15, 0.2) is 0 Å². The van der Waals surface area contributed by atoms with E-state index >= 15 is 0 Å². The van der Waals surface area contributed by atoms with Crippen LogP contribution in [0.25, 0.3) is 0 Å². The third-order valence-corrected chi connectivity index (χ3v) is 3.51. The molecule has 1 atom stereocenters. The number of nitrogens with zero attached hydrogens (tertiary/aromatic N) is 1. The lowest BCUT2D eigenvalue weighted by Gasteiger charge is -2.27. The largest absolute Gasteiger partial charge is 0.343 e. The summed E-state index contributed by atoms with van der Waals surface area (Å²) in [6.07, 6.45) is 2.34. The van der Waals surface area contributed by atoms with Crippen molar-refractivity contribution in [2.45, 2.75) is 45.2 Å². The molecule has 0 radical (unpaired) electrons. The summed E-state index contributed by atoms with van der Waals surface area (Å²) in [6, 6.07) is 9.89. The summed E-state index contributed by atoms with van der Waals surface area (Å²) < 4.78 is 0. The fraction of sp³-hybridized carbons (Fsp3) is 0.533. The lowest BCUT2D eigenvalue weighted by atomic mass is 10.0. The van der Waals surface area contributed by atoms with Gasteiger partial charge in [-0.1, -0.05) is 44.2 Å². The van der Waals surface area contributed by atoms with Crippen LogP contribution in [0.5, 0.6) is 0 Å². The molecule has 1 rings (SSSR count). The molecule has 1 amide bonds. The average Bonchev–Trinajstić information content (AvgIpc) is 2.40. The summed E-state index contributed by atoms with van der Waals surface area (Å²) in [6.45, 7) is 4.21. The molecule has 3 heteroatoms. The van der Waals surface area contributed by atoms with E-state index in [0.717, 1.165) is 18.4 Å². The van der Waals surface area contributed by atoms with Crippen molar-refractivity contribution in [1.82, 2.24) is 4.90 Å². The van der Waals surface area contributed by atoms with Crippen LogP contribution in [0.4, 0.5) is 0 Å². The minimum Gasteiger partial charge on any atom is -0.343 e. The third-order valence-electron chi connectivity index (χ3n) is 3.51. The van der Waals surface area contributed by atoms with Crippen molar-refractivity contribution >= 4 is 5.91 Å². The standard InChI is InChI=1S/C15H24N2O/c1-4-13(5-2)17(3)15(18)11-14(16)12-9-7-6-8-10-12/h6-10,13-14H,4-5,11,16H2,1-3H3. The zero-order valence-electron chi connectivity index (χ0n) is 11.6. The number of carbonyl (C=O) groups is 1. The lowest BCUT2D eigenvalue weighted by molar-refractivity contribution is -0.132. The van der Waals surface area contributed by atoms with Gasteiger partial charge in [-0.2, -0.15) is 0 Å². The predicted molar refractivity (Wildman–Crippen MR) is 75.1 cm³/mol. The summed E-state index contributed by atoms with van der Waals surface area (Å²) in [4.78, 5) is 14.0. The molecule has 0 fully saturated rings. The first-order chi connectivity index (χ1) is 8.60. The smallest absolute Gasteiger partial charge is 0.224 e. The molecule has 3 nitrogen and oxygen atoms in total. The molecule has 0 aliphatic carbocycles. The molecule has 1 aromatic rings. The molecular weight excluding hydrogens is 224 g/mol. The average molecular weight is 248 g/mol. The molecule has 1 unspecified atom stereocenters. The van der Waals surface area contributed by atoms with Crippen molar-refractivity contribution in [3.63, 3.8) is 0 Å². The van der Waals surface area contributed by atoms with E-state index in [4.69, 9.17) is 5.73 Å². The molecule has 0 saturated carbocycles. The first-order valence-electron chi connectivity index (χ1n) is 6.66. The van der Waals surface area contributed by atoms with Crippen molar-refractivity contribution in [2.24, 2.45) is 5.73 Å². The maximum absolute atomic E-state index is 12.1. The zero-order valence-corrected chi connectivity index (χ0v) is 11.6. The fourth-order valence-corrected chi connectivity index (χ4v) is 2.19. The zero-order chi connectivity index (χ0) is 13.5. The number of hydrogen-bond donors (Lipinski definition) is 1. The van der Waals surface area contributed by atoms with Gasteiger partial charge in [-0.25, -0.2) is 0 Å². The minimum atomic E-state index is -0.212. The second kappa shape index (κ2) is 7.17. The quantitative estimate of drug-likeness (QED) is 0.841. The maximum atomic E-state index is 12.1. The Kier molecular flexibility index (Phi) is 5.86. The highest BCUT2D eigenvalue weighted by Gasteiger charge is 2.19. The van der Waals surface area contributed by atoms with E-state index in [1.807, 2.05) is 42.3 Å². The highest BCUT2D eigenvalue weighted by Crippen LogP contribution is 2.16. The predicted octanol–water partition coefficient (Wildman–Crippen LogP) is 2.72. The molecule has 1 aromatic carbocycles. The van der Waals surface area contributed by atoms with Gasteiger partial charge in [-0.3, -0.25) is 4.79 Å². The summed E-state index contributed by atoms with van der Waals surface area (Å²) in [5.74, 6) is 0.125. The Labute approximate surface area is 110 Å². The van der Waals surface area contributed by atoms with Crippen molar-refractivity contribution in [3.05, 3.63) is 35.9 Å². The second-order valence-corrected chi connectivity index (χ2v) is 4.70. The summed E-state index contributed by atoms with van der Waals surface area (Å²) in [7, 11) is 1.87. The molecule has 0 heterocycles. The van der Waals surface area contributed by atoms with Crippen molar-refractivity contribution in [2.75, 3.05) is 7.05 Å². The summed E-state index contributed by atoms with van der Waals surface area (Å²) >= 11 is 0. The van der Waals surface area contributed by atoms with Gasteiger partial charge in [0, 0.05) is 25.6 Å². The van der Waals surface area contributed by atoms with Crippen LogP contribution in [0.2, 0.25) is 0 Å². The van der Waals surface area contributed by atoms with Crippen LogP contribution < -0.4 is 5.73 Å². The molecule has 0 aromatic heterocycles. The van der Waals surface area contributed by atoms with Gasteiger partial charge in [0.1, 0.15) is 0 Å². The summed E-state index contributed by atoms with van der Waals surface area (Å²) in [5.41, 5.74) is 7.09. The van der Waals surface area contributed by atoms with Gasteiger partial charge in [0.05, 0.1) is 0 Å². The first-order valence-corrected chi connectivity index (χ1v) is 6.66. The number of nitrogens with two attached hydrogens (primary N) is 1. The highest BCUT2D eigenvalue weighted by molar-refractivity contribution is 5.77. The molecule has 0 aliphatic rings. The molecule has 0 bridgehead atoms. The summed E-state index contributed by atoms with van der Waals surface area (Å²) in [5, 5.41) is 0. The Morgan fingerprint density at radius 1 is 1.22 bits per heavy atom. The van der Waals surface area contributed by atoms with Gasteiger partial charge < -0.3 is 10.6 Å². The monoisotopic (exact) mass is 248 g/mol. The van der Waals surface area contributed by atoms with E-state index in [9.17, 15) is 4.79 Å². The normalized spacial score (nSPS) is 12.5. The fourth-order valence-electron chi connectivity index (χ4n) is 2.19.